The fourth-order valence-corrected chi connectivity index (χ4v) is 7.84. The first kappa shape index (κ1) is 46.9. The van der Waals surface area contributed by atoms with Gasteiger partial charge in [-0.25, -0.2) is 0 Å². The minimum Gasteiger partial charge on any atom is -0.355 e. The van der Waals surface area contributed by atoms with Crippen LogP contribution in [0.2, 0.25) is 0 Å². The monoisotopic (exact) mass is 759 g/mol. The molecular weight excluding hydrogens is 677 g/mol. The Balaban J connectivity index is 0.000000300. The number of hydrogen-bond donors (Lipinski definition) is 2. The molecule has 0 bridgehead atoms. The molecule has 0 spiro atoms. The summed E-state index contributed by atoms with van der Waals surface area (Å²) in [6.07, 6.45) is 0. The van der Waals surface area contributed by atoms with Crippen molar-refractivity contribution >= 4 is 22.7 Å². The van der Waals surface area contributed by atoms with Gasteiger partial charge in [-0.3, -0.25) is 0 Å². The SMILES string of the molecule is CC(C)c1cc(C(C)C)c(Nc2c(C(C)C)cccc2C(C)C)c(C(C)C)c1.CC(C)c1cc(C(C)C)c(Nc2c(C(C)C)cccc2C(C)C)c(C(C)C)c1. The molecular formula is C54H82N2. The van der Waals surface area contributed by atoms with Crippen LogP contribution < -0.4 is 10.6 Å². The zero-order valence-electron chi connectivity index (χ0n) is 39.5. The summed E-state index contributed by atoms with van der Waals surface area (Å²) in [5.74, 6) is 4.95. The molecule has 0 aliphatic carbocycles. The van der Waals surface area contributed by atoms with Crippen LogP contribution in [0.3, 0.4) is 0 Å². The maximum absolute atomic E-state index is 3.97. The van der Waals surface area contributed by atoms with Gasteiger partial charge in [0.2, 0.25) is 0 Å². The smallest absolute Gasteiger partial charge is 0.0454 e. The van der Waals surface area contributed by atoms with E-state index in [0.29, 0.717) is 59.2 Å². The summed E-state index contributed by atoms with van der Waals surface area (Å²) < 4.78 is 0. The molecule has 0 saturated heterocycles. The van der Waals surface area contributed by atoms with Crippen molar-refractivity contribution in [2.24, 2.45) is 0 Å². The number of hydrogen-bond acceptors (Lipinski definition) is 2. The molecule has 2 heteroatoms. The maximum Gasteiger partial charge on any atom is 0.0454 e. The Morgan fingerprint density at radius 1 is 0.250 bits per heavy atom. The van der Waals surface area contributed by atoms with E-state index in [2.05, 4.69) is 210 Å². The van der Waals surface area contributed by atoms with Gasteiger partial charge in [0.1, 0.15) is 0 Å². The number of benzene rings is 4. The van der Waals surface area contributed by atoms with Crippen molar-refractivity contribution in [3.63, 3.8) is 0 Å². The number of nitrogens with one attached hydrogen (secondary N) is 2. The van der Waals surface area contributed by atoms with E-state index in [9.17, 15) is 0 Å². The molecule has 0 aliphatic heterocycles. The Kier molecular flexibility index (Phi) is 16.9. The van der Waals surface area contributed by atoms with E-state index in [1.807, 2.05) is 0 Å². The second kappa shape index (κ2) is 20.3. The third-order valence-electron chi connectivity index (χ3n) is 11.5. The number of anilines is 4. The number of rotatable bonds is 14. The lowest BCUT2D eigenvalue weighted by atomic mass is 9.86. The van der Waals surface area contributed by atoms with Crippen LogP contribution in [0.15, 0.2) is 60.7 Å². The lowest BCUT2D eigenvalue weighted by Gasteiger charge is -2.27. The maximum atomic E-state index is 3.97. The van der Waals surface area contributed by atoms with Crippen LogP contribution in [0.1, 0.15) is 253 Å². The standard InChI is InChI=1S/2C27H41N/c2*1-16(2)21-14-24(19(7)8)27(25(15-21)20(9)10)28-26-22(17(3)4)12-11-13-23(26)18(5)6/h2*11-20,28H,1-10H3. The van der Waals surface area contributed by atoms with Crippen LogP contribution in [-0.2, 0) is 0 Å². The van der Waals surface area contributed by atoms with E-state index in [1.165, 1.54) is 78.4 Å². The summed E-state index contributed by atoms with van der Waals surface area (Å²) in [6, 6.07) is 23.3. The van der Waals surface area contributed by atoms with Crippen molar-refractivity contribution in [3.8, 4) is 0 Å². The van der Waals surface area contributed by atoms with Gasteiger partial charge in [0.25, 0.3) is 0 Å². The normalized spacial score (nSPS) is 12.1. The Bertz CT molecular complexity index is 1610. The van der Waals surface area contributed by atoms with Gasteiger partial charge in [-0.05, 0) is 115 Å². The molecule has 4 aromatic carbocycles. The third-order valence-corrected chi connectivity index (χ3v) is 11.5. The van der Waals surface area contributed by atoms with Gasteiger partial charge in [-0.1, -0.05) is 199 Å². The highest BCUT2D eigenvalue weighted by Gasteiger charge is 2.23. The van der Waals surface area contributed by atoms with Crippen molar-refractivity contribution in [2.45, 2.75) is 198 Å². The van der Waals surface area contributed by atoms with Gasteiger partial charge in [0, 0.05) is 22.7 Å². The lowest BCUT2D eigenvalue weighted by Crippen LogP contribution is -2.10. The van der Waals surface area contributed by atoms with Gasteiger partial charge in [0.05, 0.1) is 0 Å². The summed E-state index contributed by atoms with van der Waals surface area (Å²) >= 11 is 0. The first-order valence-corrected chi connectivity index (χ1v) is 22.2. The Hall–Kier alpha value is -3.52. The molecule has 0 radical (unpaired) electrons. The molecule has 2 nitrogen and oxygen atoms in total. The van der Waals surface area contributed by atoms with Crippen molar-refractivity contribution in [3.05, 3.63) is 116 Å². The summed E-state index contributed by atoms with van der Waals surface area (Å²) in [5, 5.41) is 7.94. The quantitative estimate of drug-likeness (QED) is 0.134. The second-order valence-electron chi connectivity index (χ2n) is 19.6. The Morgan fingerprint density at radius 3 is 0.589 bits per heavy atom. The first-order valence-electron chi connectivity index (χ1n) is 22.2. The van der Waals surface area contributed by atoms with Crippen LogP contribution in [-0.4, -0.2) is 0 Å². The fraction of sp³-hybridized carbons (Fsp3) is 0.556. The van der Waals surface area contributed by atoms with E-state index in [4.69, 9.17) is 0 Å². The van der Waals surface area contributed by atoms with E-state index in [1.54, 1.807) is 0 Å². The molecule has 0 aromatic heterocycles. The second-order valence-corrected chi connectivity index (χ2v) is 19.6. The molecule has 0 amide bonds. The molecule has 0 heterocycles. The van der Waals surface area contributed by atoms with E-state index in [-0.39, 0.29) is 0 Å². The van der Waals surface area contributed by atoms with Crippen LogP contribution in [0.5, 0.6) is 0 Å². The molecule has 0 fully saturated rings. The van der Waals surface area contributed by atoms with Crippen molar-refractivity contribution in [1.82, 2.24) is 0 Å². The minimum absolute atomic E-state index is 0.479. The Labute approximate surface area is 346 Å². The zero-order chi connectivity index (χ0) is 42.3. The van der Waals surface area contributed by atoms with Crippen LogP contribution in [0.25, 0.3) is 0 Å². The molecule has 2 N–H and O–H groups in total. The lowest BCUT2D eigenvalue weighted by molar-refractivity contribution is 0.805. The van der Waals surface area contributed by atoms with Gasteiger partial charge in [0.15, 0.2) is 0 Å². The molecule has 4 rings (SSSR count). The predicted octanol–water partition coefficient (Wildman–Crippen LogP) is 18.1. The highest BCUT2D eigenvalue weighted by Crippen LogP contribution is 2.43. The summed E-state index contributed by atoms with van der Waals surface area (Å²) in [7, 11) is 0. The van der Waals surface area contributed by atoms with Gasteiger partial charge in [-0.2, -0.15) is 0 Å². The van der Waals surface area contributed by atoms with Crippen LogP contribution in [0.4, 0.5) is 22.7 Å². The van der Waals surface area contributed by atoms with Crippen LogP contribution >= 0.6 is 0 Å². The van der Waals surface area contributed by atoms with Crippen molar-refractivity contribution < 1.29 is 0 Å². The third kappa shape index (κ3) is 11.3. The number of para-hydroxylation sites is 2. The van der Waals surface area contributed by atoms with E-state index >= 15 is 0 Å². The first-order chi connectivity index (χ1) is 26.1. The average molecular weight is 759 g/mol. The molecule has 0 saturated carbocycles. The minimum atomic E-state index is 0.479. The molecule has 0 atom stereocenters. The summed E-state index contributed by atoms with van der Waals surface area (Å²) in [4.78, 5) is 0. The summed E-state index contributed by atoms with van der Waals surface area (Å²) in [5.41, 5.74) is 19.5. The van der Waals surface area contributed by atoms with Gasteiger partial charge in [-0.15, -0.1) is 0 Å². The average Bonchev–Trinajstić information content (AvgIpc) is 3.10. The fourth-order valence-electron chi connectivity index (χ4n) is 7.84. The molecule has 308 valence electrons. The molecule has 56 heavy (non-hydrogen) atoms. The predicted molar refractivity (Wildman–Crippen MR) is 253 cm³/mol. The summed E-state index contributed by atoms with van der Waals surface area (Å²) in [6.45, 7) is 46.0. The largest absolute Gasteiger partial charge is 0.355 e. The van der Waals surface area contributed by atoms with E-state index < -0.39 is 0 Å². The van der Waals surface area contributed by atoms with Gasteiger partial charge >= 0.3 is 0 Å². The molecule has 0 unspecified atom stereocenters. The highest BCUT2D eigenvalue weighted by molar-refractivity contribution is 5.75. The Morgan fingerprint density at radius 2 is 0.429 bits per heavy atom. The highest BCUT2D eigenvalue weighted by atomic mass is 14.9. The van der Waals surface area contributed by atoms with Gasteiger partial charge < -0.3 is 10.6 Å². The molecule has 0 aliphatic rings. The topological polar surface area (TPSA) is 24.1 Å². The van der Waals surface area contributed by atoms with Crippen LogP contribution in [0, 0.1) is 0 Å². The van der Waals surface area contributed by atoms with Crippen molar-refractivity contribution in [1.29, 1.82) is 0 Å². The molecule has 4 aromatic rings. The van der Waals surface area contributed by atoms with E-state index in [0.717, 1.165) is 0 Å². The zero-order valence-corrected chi connectivity index (χ0v) is 39.5. The van der Waals surface area contributed by atoms with Crippen molar-refractivity contribution in [2.75, 3.05) is 10.6 Å².